The molecule has 1 N–H and O–H groups in total. The van der Waals surface area contributed by atoms with Gasteiger partial charge in [0.2, 0.25) is 5.91 Å². The van der Waals surface area contributed by atoms with Gasteiger partial charge in [-0.15, -0.1) is 0 Å². The van der Waals surface area contributed by atoms with Crippen molar-refractivity contribution in [2.24, 2.45) is 0 Å². The Morgan fingerprint density at radius 2 is 1.75 bits per heavy atom. The molecule has 0 bridgehead atoms. The lowest BCUT2D eigenvalue weighted by atomic mass is 10.0. The largest absolute Gasteiger partial charge is 0.467 e. The van der Waals surface area contributed by atoms with Gasteiger partial charge in [-0.25, -0.2) is 0 Å². The molecule has 0 aliphatic heterocycles. The van der Waals surface area contributed by atoms with Crippen molar-refractivity contribution in [3.8, 4) is 0 Å². The average Bonchev–Trinajstić information content (AvgIpc) is 3.42. The number of furan rings is 1. The minimum absolute atomic E-state index is 0.0131. The number of benzene rings is 2. The second-order valence-corrected chi connectivity index (χ2v) is 7.19. The number of Topliss-reactive ketones (excluding diaryl/α,β-unsaturated/α-hetero) is 1. The summed E-state index contributed by atoms with van der Waals surface area (Å²) in [6, 6.07) is 18.9. The van der Waals surface area contributed by atoms with Crippen LogP contribution in [0.3, 0.4) is 0 Å². The highest BCUT2D eigenvalue weighted by atomic mass is 16.3. The quantitative estimate of drug-likeness (QED) is 0.614. The van der Waals surface area contributed by atoms with Gasteiger partial charge in [0.1, 0.15) is 11.8 Å². The van der Waals surface area contributed by atoms with Gasteiger partial charge < -0.3 is 9.73 Å². The lowest BCUT2D eigenvalue weighted by molar-refractivity contribution is -0.121. The molecule has 1 atom stereocenters. The van der Waals surface area contributed by atoms with Crippen LogP contribution in [0.4, 0.5) is 0 Å². The van der Waals surface area contributed by atoms with Gasteiger partial charge in [-0.05, 0) is 54.2 Å². The number of hydrogen-bond donors (Lipinski definition) is 1. The molecule has 0 saturated heterocycles. The highest BCUT2D eigenvalue weighted by molar-refractivity contribution is 5.98. The number of carbonyl (C=O) groups excluding carboxylic acids is 2. The fourth-order valence-corrected chi connectivity index (χ4v) is 3.77. The van der Waals surface area contributed by atoms with Crippen LogP contribution < -0.4 is 5.32 Å². The van der Waals surface area contributed by atoms with Crippen LogP contribution in [0, 0.1) is 0 Å². The average molecular weight is 373 g/mol. The first-order valence-corrected chi connectivity index (χ1v) is 9.73. The summed E-state index contributed by atoms with van der Waals surface area (Å²) in [4.78, 5) is 25.1. The van der Waals surface area contributed by atoms with Gasteiger partial charge in [-0.3, -0.25) is 9.59 Å². The summed E-state index contributed by atoms with van der Waals surface area (Å²) in [6.45, 7) is 0. The molecular weight excluding hydrogens is 350 g/mol. The Morgan fingerprint density at radius 1 is 0.929 bits per heavy atom. The maximum atomic E-state index is 12.5. The highest BCUT2D eigenvalue weighted by Crippen LogP contribution is 2.24. The minimum Gasteiger partial charge on any atom is -0.467 e. The summed E-state index contributed by atoms with van der Waals surface area (Å²) in [5.41, 5.74) is 4.27. The third-order valence-electron chi connectivity index (χ3n) is 5.27. The number of amides is 1. The van der Waals surface area contributed by atoms with Crippen molar-refractivity contribution in [3.05, 3.63) is 94.9 Å². The molecule has 0 saturated carbocycles. The first kappa shape index (κ1) is 18.2. The Hall–Kier alpha value is -3.14. The summed E-state index contributed by atoms with van der Waals surface area (Å²) >= 11 is 0. The van der Waals surface area contributed by atoms with Crippen LogP contribution in [-0.2, 0) is 17.6 Å². The van der Waals surface area contributed by atoms with Crippen LogP contribution in [0.1, 0.15) is 58.1 Å². The highest BCUT2D eigenvalue weighted by Gasteiger charge is 2.20. The van der Waals surface area contributed by atoms with Gasteiger partial charge in [-0.1, -0.05) is 42.5 Å². The molecule has 3 aromatic rings. The SMILES string of the molecule is O=C(CCC(=O)c1ccc2c(c1)CCC2)NC(c1ccccc1)c1ccco1. The van der Waals surface area contributed by atoms with Crippen LogP contribution >= 0.6 is 0 Å². The van der Waals surface area contributed by atoms with Crippen LogP contribution in [-0.4, -0.2) is 11.7 Å². The molecule has 28 heavy (non-hydrogen) atoms. The van der Waals surface area contributed by atoms with Gasteiger partial charge >= 0.3 is 0 Å². The van der Waals surface area contributed by atoms with Gasteiger partial charge in [0.05, 0.1) is 6.26 Å². The van der Waals surface area contributed by atoms with Crippen molar-refractivity contribution in [1.29, 1.82) is 0 Å². The molecule has 1 unspecified atom stereocenters. The van der Waals surface area contributed by atoms with E-state index in [0.29, 0.717) is 11.3 Å². The number of carbonyl (C=O) groups is 2. The topological polar surface area (TPSA) is 59.3 Å². The molecule has 0 spiro atoms. The smallest absolute Gasteiger partial charge is 0.221 e. The summed E-state index contributed by atoms with van der Waals surface area (Å²) in [5, 5.41) is 3.00. The molecular formula is C24H23NO3. The van der Waals surface area contributed by atoms with E-state index in [1.807, 2.05) is 48.5 Å². The standard InChI is InChI=1S/C24H23NO3/c26-21(20-12-11-17-8-4-9-19(17)16-20)13-14-23(27)25-24(22-10-5-15-28-22)18-6-2-1-3-7-18/h1-3,5-7,10-12,15-16,24H,4,8-9,13-14H2,(H,25,27). The van der Waals surface area contributed by atoms with Crippen LogP contribution in [0.15, 0.2) is 71.3 Å². The molecule has 4 rings (SSSR count). The van der Waals surface area contributed by atoms with Crippen molar-refractivity contribution in [2.45, 2.75) is 38.1 Å². The second-order valence-electron chi connectivity index (χ2n) is 7.19. The van der Waals surface area contributed by atoms with Crippen LogP contribution in [0.25, 0.3) is 0 Å². The Labute approximate surface area is 164 Å². The number of rotatable bonds is 7. The molecule has 0 radical (unpaired) electrons. The zero-order valence-electron chi connectivity index (χ0n) is 15.7. The molecule has 4 heteroatoms. The number of nitrogens with one attached hydrogen (secondary N) is 1. The Balaban J connectivity index is 1.39. The van der Waals surface area contributed by atoms with E-state index in [-0.39, 0.29) is 30.6 Å². The van der Waals surface area contributed by atoms with Crippen molar-refractivity contribution >= 4 is 11.7 Å². The third-order valence-corrected chi connectivity index (χ3v) is 5.27. The maximum absolute atomic E-state index is 12.5. The van der Waals surface area contributed by atoms with Crippen molar-refractivity contribution in [3.63, 3.8) is 0 Å². The van der Waals surface area contributed by atoms with Gasteiger partial charge in [-0.2, -0.15) is 0 Å². The molecule has 142 valence electrons. The number of hydrogen-bond acceptors (Lipinski definition) is 3. The Kier molecular flexibility index (Phi) is 5.38. The van der Waals surface area contributed by atoms with E-state index in [9.17, 15) is 9.59 Å². The minimum atomic E-state index is -0.362. The van der Waals surface area contributed by atoms with Gasteiger partial charge in [0, 0.05) is 18.4 Å². The van der Waals surface area contributed by atoms with E-state index in [1.54, 1.807) is 12.3 Å². The molecule has 2 aromatic carbocycles. The van der Waals surface area contributed by atoms with Gasteiger partial charge in [0.15, 0.2) is 5.78 Å². The number of fused-ring (bicyclic) bond motifs is 1. The molecule has 1 aliphatic carbocycles. The van der Waals surface area contributed by atoms with Crippen molar-refractivity contribution < 1.29 is 14.0 Å². The lowest BCUT2D eigenvalue weighted by Gasteiger charge is -2.17. The van der Waals surface area contributed by atoms with E-state index < -0.39 is 0 Å². The number of ketones is 1. The fourth-order valence-electron chi connectivity index (χ4n) is 3.77. The van der Waals surface area contributed by atoms with Crippen molar-refractivity contribution in [1.82, 2.24) is 5.32 Å². The van der Waals surface area contributed by atoms with E-state index >= 15 is 0 Å². The van der Waals surface area contributed by atoms with Crippen LogP contribution in [0.2, 0.25) is 0 Å². The predicted octanol–water partition coefficient (Wildman–Crippen LogP) is 4.64. The zero-order chi connectivity index (χ0) is 19.3. The predicted molar refractivity (Wildman–Crippen MR) is 107 cm³/mol. The first-order valence-electron chi connectivity index (χ1n) is 9.73. The van der Waals surface area contributed by atoms with E-state index in [2.05, 4.69) is 11.4 Å². The molecule has 4 nitrogen and oxygen atoms in total. The Morgan fingerprint density at radius 3 is 2.54 bits per heavy atom. The first-order chi connectivity index (χ1) is 13.7. The normalized spacial score (nSPS) is 13.7. The molecule has 1 aromatic heterocycles. The summed E-state index contributed by atoms with van der Waals surface area (Å²) in [7, 11) is 0. The summed E-state index contributed by atoms with van der Waals surface area (Å²) in [6.07, 6.45) is 5.24. The molecule has 1 amide bonds. The second kappa shape index (κ2) is 8.26. The van der Waals surface area contributed by atoms with Gasteiger partial charge in [0.25, 0.3) is 0 Å². The molecule has 0 fully saturated rings. The molecule has 1 heterocycles. The van der Waals surface area contributed by atoms with Crippen molar-refractivity contribution in [2.75, 3.05) is 0 Å². The zero-order valence-corrected chi connectivity index (χ0v) is 15.7. The van der Waals surface area contributed by atoms with E-state index in [4.69, 9.17) is 4.42 Å². The maximum Gasteiger partial charge on any atom is 0.221 e. The third kappa shape index (κ3) is 4.06. The lowest BCUT2D eigenvalue weighted by Crippen LogP contribution is -2.29. The molecule has 1 aliphatic rings. The fraction of sp³-hybridized carbons (Fsp3) is 0.250. The number of aryl methyl sites for hydroxylation is 2. The summed E-state index contributed by atoms with van der Waals surface area (Å²) in [5.74, 6) is 0.517. The van der Waals surface area contributed by atoms with E-state index in [0.717, 1.165) is 24.8 Å². The summed E-state index contributed by atoms with van der Waals surface area (Å²) < 4.78 is 5.51. The van der Waals surface area contributed by atoms with Crippen LogP contribution in [0.5, 0.6) is 0 Å². The Bertz CT molecular complexity index is 961. The van der Waals surface area contributed by atoms with E-state index in [1.165, 1.54) is 11.1 Å². The monoisotopic (exact) mass is 373 g/mol.